The normalized spacial score (nSPS) is 13.3. The number of nitrogens with two attached hydrogens (primary N) is 1. The summed E-state index contributed by atoms with van der Waals surface area (Å²) in [6.45, 7) is 6.22. The van der Waals surface area contributed by atoms with Gasteiger partial charge in [0, 0.05) is 22.6 Å². The summed E-state index contributed by atoms with van der Waals surface area (Å²) < 4.78 is 0. The van der Waals surface area contributed by atoms with Crippen LogP contribution in [0.1, 0.15) is 39.2 Å². The molecule has 2 rings (SSSR count). The molecule has 0 aliphatic carbocycles. The molecule has 4 nitrogen and oxygen atoms in total. The van der Waals surface area contributed by atoms with Gasteiger partial charge in [0.15, 0.2) is 0 Å². The monoisotopic (exact) mass is 287 g/mol. The molecule has 0 unspecified atom stereocenters. The van der Waals surface area contributed by atoms with Gasteiger partial charge < -0.3 is 16.0 Å². The van der Waals surface area contributed by atoms with Crippen molar-refractivity contribution in [2.75, 3.05) is 0 Å². The summed E-state index contributed by atoms with van der Waals surface area (Å²) in [4.78, 5) is 15.5. The number of carbonyl (C=O) groups excluding carboxylic acids is 1. The zero-order valence-electron chi connectivity index (χ0n) is 13.1. The van der Waals surface area contributed by atoms with Crippen molar-refractivity contribution < 1.29 is 4.79 Å². The lowest BCUT2D eigenvalue weighted by Gasteiger charge is -2.29. The molecule has 4 N–H and O–H groups in total. The van der Waals surface area contributed by atoms with E-state index in [-0.39, 0.29) is 11.4 Å². The maximum Gasteiger partial charge on any atom is 0.237 e. The van der Waals surface area contributed by atoms with Crippen molar-refractivity contribution in [3.63, 3.8) is 0 Å². The van der Waals surface area contributed by atoms with Gasteiger partial charge in [0.1, 0.15) is 0 Å². The Labute approximate surface area is 126 Å². The van der Waals surface area contributed by atoms with Crippen molar-refractivity contribution in [2.45, 2.75) is 51.6 Å². The average molecular weight is 287 g/mol. The topological polar surface area (TPSA) is 70.9 Å². The lowest BCUT2D eigenvalue weighted by molar-refractivity contribution is -0.124. The zero-order valence-corrected chi connectivity index (χ0v) is 13.1. The number of para-hydroxylation sites is 1. The number of carbonyl (C=O) groups is 1. The number of H-pyrrole nitrogens is 1. The van der Waals surface area contributed by atoms with Gasteiger partial charge in [-0.2, -0.15) is 0 Å². The third-order valence-corrected chi connectivity index (χ3v) is 4.44. The van der Waals surface area contributed by atoms with E-state index in [1.807, 2.05) is 30.5 Å². The quantitative estimate of drug-likeness (QED) is 0.764. The molecule has 21 heavy (non-hydrogen) atoms. The number of aromatic amines is 1. The maximum atomic E-state index is 12.3. The fourth-order valence-electron chi connectivity index (χ4n) is 2.45. The lowest BCUT2D eigenvalue weighted by Crippen LogP contribution is -2.52. The van der Waals surface area contributed by atoms with Crippen molar-refractivity contribution in [2.24, 2.45) is 5.73 Å². The molecule has 1 atom stereocenters. The van der Waals surface area contributed by atoms with Crippen molar-refractivity contribution in [3.8, 4) is 0 Å². The summed E-state index contributed by atoms with van der Waals surface area (Å²) in [5.74, 6) is -0.0773. The first-order chi connectivity index (χ1) is 9.99. The molecule has 0 radical (unpaired) electrons. The number of amides is 1. The van der Waals surface area contributed by atoms with Gasteiger partial charge in [-0.05, 0) is 37.8 Å². The van der Waals surface area contributed by atoms with E-state index in [4.69, 9.17) is 5.73 Å². The standard InChI is InChI=1S/C17H25N3O/c1-4-17(3,5-2)20-16(21)14(18)10-12-11-19-15-9-7-6-8-13(12)15/h6-9,11,14,19H,4-5,10,18H2,1-3H3,(H,20,21)/t14-/m1/s1. The molecule has 0 aliphatic rings. The highest BCUT2D eigenvalue weighted by atomic mass is 16.2. The Hall–Kier alpha value is -1.81. The SMILES string of the molecule is CCC(C)(CC)NC(=O)[C@H](N)Cc1c[nH]c2ccccc12. The first kappa shape index (κ1) is 15.6. The van der Waals surface area contributed by atoms with Crippen molar-refractivity contribution >= 4 is 16.8 Å². The van der Waals surface area contributed by atoms with Gasteiger partial charge in [-0.15, -0.1) is 0 Å². The summed E-state index contributed by atoms with van der Waals surface area (Å²) in [5.41, 5.74) is 8.08. The van der Waals surface area contributed by atoms with Gasteiger partial charge in [0.05, 0.1) is 6.04 Å². The first-order valence-electron chi connectivity index (χ1n) is 7.61. The molecule has 0 spiro atoms. The number of hydrogen-bond acceptors (Lipinski definition) is 2. The summed E-state index contributed by atoms with van der Waals surface area (Å²) in [6, 6.07) is 7.53. The minimum Gasteiger partial charge on any atom is -0.361 e. The van der Waals surface area contributed by atoms with Crippen LogP contribution in [0.2, 0.25) is 0 Å². The van der Waals surface area contributed by atoms with E-state index >= 15 is 0 Å². The van der Waals surface area contributed by atoms with Gasteiger partial charge in [-0.3, -0.25) is 4.79 Å². The third-order valence-electron chi connectivity index (χ3n) is 4.44. The Morgan fingerprint density at radius 2 is 2.00 bits per heavy atom. The molecule has 0 fully saturated rings. The third kappa shape index (κ3) is 3.45. The fraction of sp³-hybridized carbons (Fsp3) is 0.471. The highest BCUT2D eigenvalue weighted by molar-refractivity contribution is 5.86. The van der Waals surface area contributed by atoms with Gasteiger partial charge >= 0.3 is 0 Å². The Morgan fingerprint density at radius 1 is 1.33 bits per heavy atom. The molecule has 0 saturated carbocycles. The lowest BCUT2D eigenvalue weighted by atomic mass is 9.94. The van der Waals surface area contributed by atoms with Crippen molar-refractivity contribution in [3.05, 3.63) is 36.0 Å². The second-order valence-electron chi connectivity index (χ2n) is 5.93. The van der Waals surface area contributed by atoms with Crippen LogP contribution in [-0.4, -0.2) is 22.5 Å². The fourth-order valence-corrected chi connectivity index (χ4v) is 2.45. The van der Waals surface area contributed by atoms with Gasteiger partial charge in [-0.1, -0.05) is 32.0 Å². The molecule has 1 aromatic carbocycles. The second kappa shape index (κ2) is 6.31. The largest absolute Gasteiger partial charge is 0.361 e. The van der Waals surface area contributed by atoms with Crippen LogP contribution in [0, 0.1) is 0 Å². The Kier molecular flexibility index (Phi) is 4.68. The molecule has 1 amide bonds. The van der Waals surface area contributed by atoms with E-state index in [9.17, 15) is 4.79 Å². The van der Waals surface area contributed by atoms with Crippen LogP contribution < -0.4 is 11.1 Å². The molecular weight excluding hydrogens is 262 g/mol. The van der Waals surface area contributed by atoms with E-state index < -0.39 is 6.04 Å². The van der Waals surface area contributed by atoms with Crippen molar-refractivity contribution in [1.82, 2.24) is 10.3 Å². The first-order valence-corrected chi connectivity index (χ1v) is 7.61. The minimum absolute atomic E-state index is 0.0773. The van der Waals surface area contributed by atoms with Crippen LogP contribution >= 0.6 is 0 Å². The van der Waals surface area contributed by atoms with E-state index in [1.54, 1.807) is 0 Å². The maximum absolute atomic E-state index is 12.3. The van der Waals surface area contributed by atoms with Crippen LogP contribution in [0.3, 0.4) is 0 Å². The summed E-state index contributed by atoms with van der Waals surface area (Å²) in [7, 11) is 0. The smallest absolute Gasteiger partial charge is 0.237 e. The summed E-state index contributed by atoms with van der Waals surface area (Å²) in [5, 5.41) is 4.21. The molecule has 1 aromatic heterocycles. The van der Waals surface area contributed by atoms with E-state index in [1.165, 1.54) is 0 Å². The van der Waals surface area contributed by atoms with Crippen LogP contribution in [0.4, 0.5) is 0 Å². The molecule has 114 valence electrons. The molecule has 1 heterocycles. The van der Waals surface area contributed by atoms with Gasteiger partial charge in [0.25, 0.3) is 0 Å². The number of fused-ring (bicyclic) bond motifs is 1. The van der Waals surface area contributed by atoms with E-state index in [2.05, 4.69) is 31.1 Å². The van der Waals surface area contributed by atoms with Crippen LogP contribution in [0.15, 0.2) is 30.5 Å². The summed E-state index contributed by atoms with van der Waals surface area (Å²) in [6.07, 6.45) is 4.28. The number of rotatable bonds is 6. The Morgan fingerprint density at radius 3 is 2.67 bits per heavy atom. The highest BCUT2D eigenvalue weighted by Gasteiger charge is 2.25. The molecule has 4 heteroatoms. The molecule has 2 aromatic rings. The Balaban J connectivity index is 2.07. The van der Waals surface area contributed by atoms with Crippen LogP contribution in [0.25, 0.3) is 10.9 Å². The van der Waals surface area contributed by atoms with Crippen molar-refractivity contribution in [1.29, 1.82) is 0 Å². The van der Waals surface area contributed by atoms with Gasteiger partial charge in [-0.25, -0.2) is 0 Å². The zero-order chi connectivity index (χ0) is 15.5. The van der Waals surface area contributed by atoms with E-state index in [0.29, 0.717) is 6.42 Å². The number of benzene rings is 1. The van der Waals surface area contributed by atoms with E-state index in [0.717, 1.165) is 29.3 Å². The molecule has 0 saturated heterocycles. The predicted octanol–water partition coefficient (Wildman–Crippen LogP) is 2.73. The summed E-state index contributed by atoms with van der Waals surface area (Å²) >= 11 is 0. The average Bonchev–Trinajstić information content (AvgIpc) is 2.90. The highest BCUT2D eigenvalue weighted by Crippen LogP contribution is 2.19. The number of nitrogens with one attached hydrogen (secondary N) is 2. The second-order valence-corrected chi connectivity index (χ2v) is 5.93. The minimum atomic E-state index is -0.526. The molecule has 0 bridgehead atoms. The number of hydrogen-bond donors (Lipinski definition) is 3. The van der Waals surface area contributed by atoms with Crippen LogP contribution in [0.5, 0.6) is 0 Å². The Bertz CT molecular complexity index is 613. The number of aromatic nitrogens is 1. The van der Waals surface area contributed by atoms with Gasteiger partial charge in [0.2, 0.25) is 5.91 Å². The predicted molar refractivity (Wildman–Crippen MR) is 87.1 cm³/mol. The van der Waals surface area contributed by atoms with Crippen LogP contribution in [-0.2, 0) is 11.2 Å². The molecule has 0 aliphatic heterocycles. The molecular formula is C17H25N3O.